The number of hydrogen-bond acceptors (Lipinski definition) is 1. The molecular weight excluding hydrogens is 182 g/mol. The lowest BCUT2D eigenvalue weighted by molar-refractivity contribution is 0.352. The van der Waals surface area contributed by atoms with E-state index in [1.165, 1.54) is 31.5 Å². The molecule has 0 aliphatic carbocycles. The van der Waals surface area contributed by atoms with Crippen LogP contribution in [0.5, 0.6) is 0 Å². The third-order valence-electron chi connectivity index (χ3n) is 2.98. The van der Waals surface area contributed by atoms with Crippen LogP contribution in [0.3, 0.4) is 0 Å². The Labute approximate surface area is 94.2 Å². The van der Waals surface area contributed by atoms with Gasteiger partial charge in [0.1, 0.15) is 0 Å². The molecule has 0 N–H and O–H groups in total. The highest BCUT2D eigenvalue weighted by Gasteiger charge is 2.20. The van der Waals surface area contributed by atoms with Crippen LogP contribution in [0.15, 0.2) is 36.5 Å². The van der Waals surface area contributed by atoms with Gasteiger partial charge in [-0.1, -0.05) is 44.2 Å². The fraction of sp³-hybridized carbons (Fsp3) is 0.571. The Morgan fingerprint density at radius 3 is 2.67 bits per heavy atom. The highest BCUT2D eigenvalue weighted by Crippen LogP contribution is 2.19. The average molecular weight is 205 g/mol. The van der Waals surface area contributed by atoms with Crippen molar-refractivity contribution in [2.45, 2.75) is 26.7 Å². The van der Waals surface area contributed by atoms with Crippen LogP contribution in [-0.4, -0.2) is 24.5 Å². The summed E-state index contributed by atoms with van der Waals surface area (Å²) in [5, 5.41) is 0. The van der Waals surface area contributed by atoms with Crippen LogP contribution in [0, 0.1) is 5.92 Å². The first-order valence-electron chi connectivity index (χ1n) is 5.85. The van der Waals surface area contributed by atoms with Crippen molar-refractivity contribution >= 4 is 0 Å². The van der Waals surface area contributed by atoms with Gasteiger partial charge in [0.15, 0.2) is 0 Å². The van der Waals surface area contributed by atoms with Gasteiger partial charge in [-0.25, -0.2) is 0 Å². The van der Waals surface area contributed by atoms with E-state index in [9.17, 15) is 0 Å². The fourth-order valence-corrected chi connectivity index (χ4v) is 1.99. The molecule has 0 aromatic carbocycles. The lowest BCUT2D eigenvalue weighted by atomic mass is 10.1. The molecule has 1 rings (SSSR count). The zero-order valence-corrected chi connectivity index (χ0v) is 10.1. The van der Waals surface area contributed by atoms with Crippen LogP contribution in [0.25, 0.3) is 0 Å². The van der Waals surface area contributed by atoms with Gasteiger partial charge < -0.3 is 0 Å². The van der Waals surface area contributed by atoms with Crippen molar-refractivity contribution in [3.8, 4) is 0 Å². The summed E-state index contributed by atoms with van der Waals surface area (Å²) in [5.41, 5.74) is 2.28. The maximum absolute atomic E-state index is 4.07. The van der Waals surface area contributed by atoms with E-state index < -0.39 is 0 Å². The zero-order chi connectivity index (χ0) is 11.3. The minimum absolute atomic E-state index is 0.905. The number of nitrogens with zero attached hydrogens (tertiary/aromatic N) is 1. The van der Waals surface area contributed by atoms with Gasteiger partial charge in [-0.3, -0.25) is 4.90 Å². The molecule has 1 saturated heterocycles. The molecule has 0 aromatic rings. The predicted octanol–water partition coefficient (Wildman–Crippen LogP) is 3.41. The maximum Gasteiger partial charge on any atom is 0.0227 e. The minimum Gasteiger partial charge on any atom is -0.299 e. The molecule has 0 amide bonds. The Morgan fingerprint density at radius 1 is 1.40 bits per heavy atom. The third-order valence-corrected chi connectivity index (χ3v) is 2.98. The second-order valence-corrected chi connectivity index (χ2v) is 4.64. The van der Waals surface area contributed by atoms with Gasteiger partial charge in [0, 0.05) is 13.1 Å². The first kappa shape index (κ1) is 12.3. The zero-order valence-electron chi connectivity index (χ0n) is 10.1. The largest absolute Gasteiger partial charge is 0.299 e. The summed E-state index contributed by atoms with van der Waals surface area (Å²) in [6.07, 6.45) is 6.79. The molecule has 1 atom stereocenters. The summed E-state index contributed by atoms with van der Waals surface area (Å²) in [6.45, 7) is 15.7. The van der Waals surface area contributed by atoms with E-state index in [4.69, 9.17) is 0 Å². The van der Waals surface area contributed by atoms with Gasteiger partial charge in [0.25, 0.3) is 0 Å². The number of likely N-dealkylation sites (tertiary alicyclic amines) is 1. The van der Waals surface area contributed by atoms with E-state index in [1.807, 2.05) is 13.0 Å². The molecule has 1 fully saturated rings. The molecule has 1 aliphatic heterocycles. The van der Waals surface area contributed by atoms with Crippen LogP contribution < -0.4 is 0 Å². The normalized spacial score (nSPS) is 22.4. The van der Waals surface area contributed by atoms with Gasteiger partial charge >= 0.3 is 0 Å². The summed E-state index contributed by atoms with van der Waals surface area (Å²) < 4.78 is 0. The lowest BCUT2D eigenvalue weighted by Crippen LogP contribution is -2.22. The first-order chi connectivity index (χ1) is 7.11. The Morgan fingerprint density at radius 2 is 2.13 bits per heavy atom. The Hall–Kier alpha value is -0.820. The van der Waals surface area contributed by atoms with Crippen molar-refractivity contribution in [1.29, 1.82) is 0 Å². The van der Waals surface area contributed by atoms with E-state index in [1.54, 1.807) is 0 Å². The van der Waals surface area contributed by atoms with Crippen LogP contribution in [0.4, 0.5) is 0 Å². The summed E-state index contributed by atoms with van der Waals surface area (Å²) in [5.74, 6) is 0.905. The van der Waals surface area contributed by atoms with E-state index >= 15 is 0 Å². The molecule has 1 nitrogen and oxygen atoms in total. The maximum atomic E-state index is 4.07. The van der Waals surface area contributed by atoms with Gasteiger partial charge in [-0.05, 0) is 31.4 Å². The van der Waals surface area contributed by atoms with Crippen LogP contribution in [0.2, 0.25) is 0 Å². The molecule has 0 aromatic heterocycles. The van der Waals surface area contributed by atoms with E-state index in [0.29, 0.717) is 0 Å². The molecule has 0 bridgehead atoms. The van der Waals surface area contributed by atoms with Crippen molar-refractivity contribution < 1.29 is 0 Å². The smallest absolute Gasteiger partial charge is 0.0227 e. The highest BCUT2D eigenvalue weighted by atomic mass is 15.1. The summed E-state index contributed by atoms with van der Waals surface area (Å²) >= 11 is 0. The average Bonchev–Trinajstić information content (AvgIpc) is 2.62. The lowest BCUT2D eigenvalue weighted by Gasteiger charge is -2.15. The number of hydrogen-bond donors (Lipinski definition) is 0. The highest BCUT2D eigenvalue weighted by molar-refractivity contribution is 5.24. The van der Waals surface area contributed by atoms with Crippen LogP contribution >= 0.6 is 0 Å². The van der Waals surface area contributed by atoms with E-state index in [-0.39, 0.29) is 0 Å². The molecule has 0 radical (unpaired) electrons. The monoisotopic (exact) mass is 205 g/mol. The molecule has 1 unspecified atom stereocenters. The topological polar surface area (TPSA) is 3.24 Å². The summed E-state index contributed by atoms with van der Waals surface area (Å²) in [7, 11) is 0. The molecule has 0 saturated carbocycles. The molecular formula is C14H23N. The molecule has 15 heavy (non-hydrogen) atoms. The van der Waals surface area contributed by atoms with Crippen LogP contribution in [-0.2, 0) is 0 Å². The molecule has 0 spiro atoms. The fourth-order valence-electron chi connectivity index (χ4n) is 1.99. The number of rotatable bonds is 5. The van der Waals surface area contributed by atoms with Crippen molar-refractivity contribution in [1.82, 2.24) is 4.90 Å². The SMILES string of the molecule is C=C(C)/C=C\C(=C)CN1CCC(CC)C1. The van der Waals surface area contributed by atoms with Gasteiger partial charge in [-0.2, -0.15) is 0 Å². The van der Waals surface area contributed by atoms with Gasteiger partial charge in [-0.15, -0.1) is 0 Å². The predicted molar refractivity (Wildman–Crippen MR) is 67.9 cm³/mol. The van der Waals surface area contributed by atoms with Gasteiger partial charge in [0.2, 0.25) is 0 Å². The minimum atomic E-state index is 0.905. The van der Waals surface area contributed by atoms with Crippen LogP contribution in [0.1, 0.15) is 26.7 Å². The Balaban J connectivity index is 2.30. The summed E-state index contributed by atoms with van der Waals surface area (Å²) in [4.78, 5) is 2.50. The van der Waals surface area contributed by atoms with E-state index in [0.717, 1.165) is 18.0 Å². The Kier molecular flexibility index (Phi) is 4.83. The van der Waals surface area contributed by atoms with Gasteiger partial charge in [0.05, 0.1) is 0 Å². The molecule has 1 heterocycles. The quantitative estimate of drug-likeness (QED) is 0.622. The van der Waals surface area contributed by atoms with Crippen molar-refractivity contribution in [3.63, 3.8) is 0 Å². The third kappa shape index (κ3) is 4.48. The summed E-state index contributed by atoms with van der Waals surface area (Å²) in [6, 6.07) is 0. The second kappa shape index (κ2) is 5.92. The second-order valence-electron chi connectivity index (χ2n) is 4.64. The van der Waals surface area contributed by atoms with E-state index in [2.05, 4.69) is 31.1 Å². The van der Waals surface area contributed by atoms with Crippen molar-refractivity contribution in [3.05, 3.63) is 36.5 Å². The Bertz CT molecular complexity index is 263. The molecule has 1 heteroatoms. The number of allylic oxidation sites excluding steroid dienone is 2. The first-order valence-corrected chi connectivity index (χ1v) is 5.85. The standard InChI is InChI=1S/C14H23N/c1-5-14-8-9-15(11-14)10-13(4)7-6-12(2)3/h6-7,14H,2,4-5,8-11H2,1,3H3/b7-6-. The van der Waals surface area contributed by atoms with Crippen molar-refractivity contribution in [2.24, 2.45) is 5.92 Å². The molecule has 1 aliphatic rings. The van der Waals surface area contributed by atoms with Crippen molar-refractivity contribution in [2.75, 3.05) is 19.6 Å². The molecule has 84 valence electrons.